The second-order valence-electron chi connectivity index (χ2n) is 4.36. The Morgan fingerprint density at radius 3 is 3.19 bits per heavy atom. The Labute approximate surface area is 102 Å². The van der Waals surface area contributed by atoms with Crippen LogP contribution >= 0.6 is 11.3 Å². The van der Waals surface area contributed by atoms with E-state index < -0.39 is 0 Å². The summed E-state index contributed by atoms with van der Waals surface area (Å²) < 4.78 is 5.59. The quantitative estimate of drug-likeness (QED) is 0.739. The van der Waals surface area contributed by atoms with Crippen LogP contribution in [-0.2, 0) is 11.2 Å². The van der Waals surface area contributed by atoms with Gasteiger partial charge in [-0.25, -0.2) is 0 Å². The highest BCUT2D eigenvalue weighted by Gasteiger charge is 2.14. The third kappa shape index (κ3) is 4.24. The van der Waals surface area contributed by atoms with Gasteiger partial charge in [-0.3, -0.25) is 0 Å². The molecule has 90 valence electrons. The third-order valence-corrected chi connectivity index (χ3v) is 3.97. The van der Waals surface area contributed by atoms with E-state index in [0.717, 1.165) is 26.1 Å². The molecule has 1 N–H and O–H groups in total. The summed E-state index contributed by atoms with van der Waals surface area (Å²) in [6, 6.07) is 4.33. The van der Waals surface area contributed by atoms with Crippen molar-refractivity contribution in [2.45, 2.75) is 38.2 Å². The van der Waals surface area contributed by atoms with Crippen LogP contribution in [0.25, 0.3) is 0 Å². The molecule has 16 heavy (non-hydrogen) atoms. The van der Waals surface area contributed by atoms with Gasteiger partial charge in [-0.15, -0.1) is 11.3 Å². The Kier molecular flexibility index (Phi) is 5.32. The molecular formula is C13H21NOS. The topological polar surface area (TPSA) is 21.3 Å². The van der Waals surface area contributed by atoms with Gasteiger partial charge in [0.1, 0.15) is 0 Å². The van der Waals surface area contributed by atoms with E-state index in [2.05, 4.69) is 22.8 Å². The first kappa shape index (κ1) is 12.1. The average Bonchev–Trinajstić information content (AvgIpc) is 2.96. The summed E-state index contributed by atoms with van der Waals surface area (Å²) in [4.78, 5) is 1.48. The van der Waals surface area contributed by atoms with Crippen LogP contribution < -0.4 is 5.32 Å². The molecule has 0 saturated carbocycles. The molecule has 1 unspecified atom stereocenters. The van der Waals surface area contributed by atoms with Crippen LogP contribution in [-0.4, -0.2) is 25.8 Å². The van der Waals surface area contributed by atoms with Gasteiger partial charge in [-0.2, -0.15) is 0 Å². The van der Waals surface area contributed by atoms with Crippen LogP contribution in [0.5, 0.6) is 0 Å². The minimum Gasteiger partial charge on any atom is -0.378 e. The fraction of sp³-hybridized carbons (Fsp3) is 0.692. The van der Waals surface area contributed by atoms with E-state index in [-0.39, 0.29) is 0 Å². The molecule has 2 rings (SSSR count). The van der Waals surface area contributed by atoms with Crippen molar-refractivity contribution in [3.05, 3.63) is 22.4 Å². The van der Waals surface area contributed by atoms with Crippen LogP contribution in [0.1, 0.15) is 30.6 Å². The van der Waals surface area contributed by atoms with Gasteiger partial charge < -0.3 is 10.1 Å². The Morgan fingerprint density at radius 2 is 2.44 bits per heavy atom. The van der Waals surface area contributed by atoms with E-state index in [1.807, 2.05) is 11.3 Å². The second-order valence-corrected chi connectivity index (χ2v) is 5.39. The van der Waals surface area contributed by atoms with Crippen molar-refractivity contribution in [3.63, 3.8) is 0 Å². The summed E-state index contributed by atoms with van der Waals surface area (Å²) in [6.07, 6.45) is 6.73. The van der Waals surface area contributed by atoms with Crippen LogP contribution in [0, 0.1) is 0 Å². The highest BCUT2D eigenvalue weighted by molar-refractivity contribution is 7.09. The van der Waals surface area contributed by atoms with Gasteiger partial charge in [-0.1, -0.05) is 6.07 Å². The first-order valence-electron chi connectivity index (χ1n) is 6.30. The molecule has 0 aliphatic carbocycles. The minimum absolute atomic E-state index is 0.555. The first-order chi connectivity index (χ1) is 7.95. The predicted octanol–water partition coefficient (Wildman–Crippen LogP) is 2.84. The molecule has 1 aliphatic rings. The van der Waals surface area contributed by atoms with Crippen molar-refractivity contribution in [1.29, 1.82) is 0 Å². The maximum Gasteiger partial charge on any atom is 0.0576 e. The maximum atomic E-state index is 5.59. The molecule has 1 aliphatic heterocycles. The monoisotopic (exact) mass is 239 g/mol. The predicted molar refractivity (Wildman–Crippen MR) is 69.1 cm³/mol. The third-order valence-electron chi connectivity index (χ3n) is 3.03. The van der Waals surface area contributed by atoms with Crippen LogP contribution in [0.2, 0.25) is 0 Å². The molecule has 1 saturated heterocycles. The molecule has 0 amide bonds. The van der Waals surface area contributed by atoms with Gasteiger partial charge in [0.25, 0.3) is 0 Å². The highest BCUT2D eigenvalue weighted by atomic mass is 32.1. The summed E-state index contributed by atoms with van der Waals surface area (Å²) >= 11 is 1.85. The van der Waals surface area contributed by atoms with Crippen LogP contribution in [0.3, 0.4) is 0 Å². The largest absolute Gasteiger partial charge is 0.378 e. The molecule has 2 nitrogen and oxygen atoms in total. The lowest BCUT2D eigenvalue weighted by atomic mass is 10.1. The van der Waals surface area contributed by atoms with Crippen molar-refractivity contribution in [2.24, 2.45) is 0 Å². The van der Waals surface area contributed by atoms with Gasteiger partial charge in [0.2, 0.25) is 0 Å². The number of nitrogens with one attached hydrogen (secondary N) is 1. The molecule has 1 atom stereocenters. The summed E-state index contributed by atoms with van der Waals surface area (Å²) in [5.74, 6) is 0. The number of hydrogen-bond donors (Lipinski definition) is 1. The zero-order chi connectivity index (χ0) is 11.1. The molecule has 2 heterocycles. The van der Waals surface area contributed by atoms with Gasteiger partial charge in [0, 0.05) is 11.5 Å². The molecule has 3 heteroatoms. The van der Waals surface area contributed by atoms with Crippen molar-refractivity contribution in [2.75, 3.05) is 19.7 Å². The molecular weight excluding hydrogens is 218 g/mol. The fourth-order valence-electron chi connectivity index (χ4n) is 2.12. The Morgan fingerprint density at radius 1 is 1.44 bits per heavy atom. The molecule has 1 aromatic rings. The first-order valence-corrected chi connectivity index (χ1v) is 7.18. The van der Waals surface area contributed by atoms with Gasteiger partial charge in [0.05, 0.1) is 6.10 Å². The van der Waals surface area contributed by atoms with Crippen molar-refractivity contribution in [1.82, 2.24) is 5.32 Å². The zero-order valence-electron chi connectivity index (χ0n) is 9.78. The summed E-state index contributed by atoms with van der Waals surface area (Å²) in [5.41, 5.74) is 0. The van der Waals surface area contributed by atoms with Gasteiger partial charge >= 0.3 is 0 Å². The molecule has 0 aromatic carbocycles. The summed E-state index contributed by atoms with van der Waals surface area (Å²) in [5, 5.41) is 5.64. The number of thiophene rings is 1. The van der Waals surface area contributed by atoms with E-state index in [1.54, 1.807) is 0 Å². The van der Waals surface area contributed by atoms with Gasteiger partial charge in [-0.05, 0) is 56.6 Å². The number of rotatable bonds is 7. The lowest BCUT2D eigenvalue weighted by Gasteiger charge is -2.09. The zero-order valence-corrected chi connectivity index (χ0v) is 10.6. The summed E-state index contributed by atoms with van der Waals surface area (Å²) in [6.45, 7) is 3.22. The van der Waals surface area contributed by atoms with Crippen molar-refractivity contribution in [3.8, 4) is 0 Å². The highest BCUT2D eigenvalue weighted by Crippen LogP contribution is 2.16. The summed E-state index contributed by atoms with van der Waals surface area (Å²) in [7, 11) is 0. The SMILES string of the molecule is c1csc(CCNCCCC2CCCO2)c1. The van der Waals surface area contributed by atoms with E-state index in [4.69, 9.17) is 4.74 Å². The number of hydrogen-bond acceptors (Lipinski definition) is 3. The average molecular weight is 239 g/mol. The lowest BCUT2D eigenvalue weighted by Crippen LogP contribution is -2.19. The smallest absolute Gasteiger partial charge is 0.0576 e. The van der Waals surface area contributed by atoms with Crippen LogP contribution in [0.15, 0.2) is 17.5 Å². The van der Waals surface area contributed by atoms with Crippen LogP contribution in [0.4, 0.5) is 0 Å². The maximum absolute atomic E-state index is 5.59. The second kappa shape index (κ2) is 7.05. The Balaban J connectivity index is 1.43. The Hall–Kier alpha value is -0.380. The van der Waals surface area contributed by atoms with E-state index in [0.29, 0.717) is 6.10 Å². The minimum atomic E-state index is 0.555. The van der Waals surface area contributed by atoms with E-state index in [1.165, 1.54) is 30.6 Å². The molecule has 0 radical (unpaired) electrons. The van der Waals surface area contributed by atoms with E-state index >= 15 is 0 Å². The molecule has 0 spiro atoms. The van der Waals surface area contributed by atoms with Crippen molar-refractivity contribution >= 4 is 11.3 Å². The molecule has 1 fully saturated rings. The molecule has 1 aromatic heterocycles. The number of ether oxygens (including phenoxy) is 1. The van der Waals surface area contributed by atoms with Crippen molar-refractivity contribution < 1.29 is 4.74 Å². The lowest BCUT2D eigenvalue weighted by molar-refractivity contribution is 0.102. The molecule has 0 bridgehead atoms. The van der Waals surface area contributed by atoms with Gasteiger partial charge in [0.15, 0.2) is 0 Å². The normalized spacial score (nSPS) is 20.4. The fourth-order valence-corrected chi connectivity index (χ4v) is 2.83. The Bertz CT molecular complexity index is 267. The van der Waals surface area contributed by atoms with E-state index in [9.17, 15) is 0 Å². The standard InChI is InChI=1S/C13H21NOS/c1(4-12-5-2-10-15-12)8-14-9-7-13-6-3-11-16-13/h3,6,11-12,14H,1-2,4-5,7-10H2.